The maximum Gasteiger partial charge on any atom is 0.330 e. The number of H-pyrrole nitrogens is 1. The van der Waals surface area contributed by atoms with Gasteiger partial charge in [-0.15, -0.1) is 0 Å². The Morgan fingerprint density at radius 3 is 1.83 bits per heavy atom. The van der Waals surface area contributed by atoms with E-state index < -0.39 is 98.1 Å². The minimum atomic E-state index is -2.69. The van der Waals surface area contributed by atoms with E-state index in [1.54, 1.807) is 21.1 Å². The van der Waals surface area contributed by atoms with Crippen LogP contribution in [0.1, 0.15) is 97.7 Å². The van der Waals surface area contributed by atoms with Crippen LogP contribution in [0.4, 0.5) is 0 Å². The normalized spacial score (nSPS) is 22.0. The van der Waals surface area contributed by atoms with Crippen LogP contribution in [0.25, 0.3) is 0 Å². The lowest BCUT2D eigenvalue weighted by Crippen LogP contribution is -2.66. The van der Waals surface area contributed by atoms with Gasteiger partial charge in [0.05, 0.1) is 34.0 Å². The van der Waals surface area contributed by atoms with Gasteiger partial charge in [0.1, 0.15) is 41.5 Å². The molecule has 20 nitrogen and oxygen atoms in total. The van der Waals surface area contributed by atoms with E-state index in [1.165, 1.54) is 31.5 Å². The van der Waals surface area contributed by atoms with E-state index in [0.717, 1.165) is 23.6 Å². The lowest BCUT2D eigenvalue weighted by atomic mass is 9.79. The molecule has 2 saturated heterocycles. The van der Waals surface area contributed by atoms with Gasteiger partial charge in [-0.05, 0) is 64.5 Å². The number of amides is 1. The van der Waals surface area contributed by atoms with Crippen molar-refractivity contribution in [1.82, 2.24) is 19.8 Å². The van der Waals surface area contributed by atoms with Crippen LogP contribution >= 0.6 is 0 Å². The highest BCUT2D eigenvalue weighted by Crippen LogP contribution is 2.46. The summed E-state index contributed by atoms with van der Waals surface area (Å²) in [7, 11) is 0.516. The molecule has 0 bridgehead atoms. The van der Waals surface area contributed by atoms with E-state index in [1.807, 2.05) is 83.8 Å². The fourth-order valence-corrected chi connectivity index (χ4v) is 16.7. The average Bonchev–Trinajstić information content (AvgIpc) is 3.48. The fraction of sp³-hybridized carbons (Fsp3) is 0.544. The Hall–Kier alpha value is -6.20. The zero-order valence-corrected chi connectivity index (χ0v) is 48.2. The van der Waals surface area contributed by atoms with Gasteiger partial charge in [0.2, 0.25) is 5.91 Å². The third-order valence-corrected chi connectivity index (χ3v) is 20.6. The number of aromatic amines is 1. The van der Waals surface area contributed by atoms with Crippen molar-refractivity contribution in [3.8, 4) is 11.5 Å². The second kappa shape index (κ2) is 26.6. The van der Waals surface area contributed by atoms with Crippen LogP contribution in [-0.4, -0.2) is 143 Å². The molecule has 1 aromatic heterocycles. The number of rotatable bonds is 24. The van der Waals surface area contributed by atoms with Gasteiger partial charge in [-0.25, -0.2) is 4.79 Å². The highest BCUT2D eigenvalue weighted by atomic mass is 28.4. The molecule has 1 amide bonds. The Morgan fingerprint density at radius 2 is 1.32 bits per heavy atom. The maximum atomic E-state index is 14.0. The smallest absolute Gasteiger partial charge is 0.330 e. The Balaban J connectivity index is 1.50. The second-order valence-electron chi connectivity index (χ2n) is 21.0. The molecule has 0 unspecified atom stereocenters. The first-order chi connectivity index (χ1) is 37.0. The molecule has 78 heavy (non-hydrogen) atoms. The van der Waals surface area contributed by atoms with E-state index in [4.69, 9.17) is 47.1 Å². The molecule has 0 radical (unpaired) electrons. The third kappa shape index (κ3) is 14.1. The highest BCUT2D eigenvalue weighted by Gasteiger charge is 2.53. The van der Waals surface area contributed by atoms with E-state index in [9.17, 15) is 28.8 Å². The predicted octanol–water partition coefficient (Wildman–Crippen LogP) is 6.31. The van der Waals surface area contributed by atoms with Gasteiger partial charge in [0, 0.05) is 59.1 Å². The zero-order chi connectivity index (χ0) is 57.1. The molecule has 4 aromatic rings. The fourth-order valence-electron chi connectivity index (χ4n) is 11.2. The summed E-state index contributed by atoms with van der Waals surface area (Å²) >= 11 is 0. The molecule has 0 aliphatic carbocycles. The van der Waals surface area contributed by atoms with E-state index in [2.05, 4.69) is 51.8 Å². The minimum absolute atomic E-state index is 0.0184. The van der Waals surface area contributed by atoms with Crippen molar-refractivity contribution in [1.29, 1.82) is 0 Å². The number of ether oxygens (including phenoxy) is 9. The van der Waals surface area contributed by atoms with E-state index >= 15 is 0 Å². The number of nitrogens with one attached hydrogen (secondary N) is 2. The third-order valence-electron chi connectivity index (χ3n) is 14.5. The summed E-state index contributed by atoms with van der Waals surface area (Å²) in [6, 6.07) is 24.0. The number of aromatic nitrogens is 2. The van der Waals surface area contributed by atoms with Crippen molar-refractivity contribution in [2.75, 3.05) is 60.3 Å². The number of nitrogens with zero attached hydrogens (tertiary/aromatic N) is 2. The minimum Gasteiger partial charge on any atom is -0.497 e. The Bertz CT molecular complexity index is 2700. The van der Waals surface area contributed by atoms with Crippen LogP contribution in [0.15, 0.2) is 94.6 Å². The number of methoxy groups -OCH3 is 2. The van der Waals surface area contributed by atoms with Crippen LogP contribution in [0.5, 0.6) is 11.5 Å². The number of aryl methyl sites for hydroxylation is 1. The molecule has 0 spiro atoms. The number of hydrogen-bond acceptors (Lipinski definition) is 17. The number of carbonyl (C=O) groups excluding carboxylic acids is 4. The Kier molecular flexibility index (Phi) is 20.8. The van der Waals surface area contributed by atoms with Crippen molar-refractivity contribution in [2.45, 2.75) is 141 Å². The molecule has 426 valence electrons. The van der Waals surface area contributed by atoms with Crippen LogP contribution in [0.3, 0.4) is 0 Å². The van der Waals surface area contributed by atoms with Crippen molar-refractivity contribution in [3.63, 3.8) is 0 Å². The zero-order valence-electron chi connectivity index (χ0n) is 47.2. The molecule has 6 rings (SSSR count). The molecule has 7 atom stereocenters. The average molecular weight is 1100 g/mol. The van der Waals surface area contributed by atoms with Gasteiger partial charge in [0.15, 0.2) is 33.0 Å². The number of carbonyl (C=O) groups is 4. The molecule has 3 heterocycles. The lowest BCUT2D eigenvalue weighted by molar-refractivity contribution is -0.279. The lowest BCUT2D eigenvalue weighted by Gasteiger charge is -2.50. The SMILES string of the molecule is COc1ccc(C(OC[C@]2(CO[Si](C(C)C)(C(C)C)C(C)C)CN(CCO[C@@H]3O[C@H](COC(C)=O)[C@H](OC(C)=O)[C@H](OC(C)=O)[C@H]3NC(C)=O)C[C@H](n3cc(C)c(=O)[nH]c3=O)O2)(c2ccccc2)c2ccc(OC)cc2)cc1. The van der Waals surface area contributed by atoms with Gasteiger partial charge in [-0.2, -0.15) is 0 Å². The van der Waals surface area contributed by atoms with Gasteiger partial charge < -0.3 is 52.4 Å². The number of esters is 3. The number of hydrogen-bond donors (Lipinski definition) is 2. The first-order valence-electron chi connectivity index (χ1n) is 26.4. The summed E-state index contributed by atoms with van der Waals surface area (Å²) in [5.41, 5.74) is -0.812. The van der Waals surface area contributed by atoms with Crippen LogP contribution in [-0.2, 0) is 62.4 Å². The van der Waals surface area contributed by atoms with E-state index in [-0.39, 0.29) is 61.6 Å². The molecule has 0 saturated carbocycles. The molecule has 3 aromatic carbocycles. The maximum absolute atomic E-state index is 14.0. The monoisotopic (exact) mass is 1100 g/mol. The van der Waals surface area contributed by atoms with Crippen molar-refractivity contribution in [3.05, 3.63) is 128 Å². The molecular weight excluding hydrogens is 1020 g/mol. The largest absolute Gasteiger partial charge is 0.497 e. The summed E-state index contributed by atoms with van der Waals surface area (Å²) in [4.78, 5) is 81.4. The van der Waals surface area contributed by atoms with Crippen LogP contribution in [0, 0.1) is 6.92 Å². The van der Waals surface area contributed by atoms with Gasteiger partial charge in [-0.3, -0.25) is 38.4 Å². The summed E-state index contributed by atoms with van der Waals surface area (Å²) in [5.74, 6) is -1.38. The van der Waals surface area contributed by atoms with Crippen LogP contribution < -0.4 is 26.0 Å². The molecule has 2 aliphatic heterocycles. The molecule has 2 fully saturated rings. The molecule has 2 N–H and O–H groups in total. The van der Waals surface area contributed by atoms with Gasteiger partial charge in [0.25, 0.3) is 5.56 Å². The van der Waals surface area contributed by atoms with Crippen molar-refractivity contribution in [2.24, 2.45) is 0 Å². The topological polar surface area (TPSA) is 231 Å². The summed E-state index contributed by atoms with van der Waals surface area (Å²) < 4.78 is 64.7. The quantitative estimate of drug-likeness (QED) is 0.0339. The molecular formula is C57H78N4O16Si. The number of morpholine rings is 1. The van der Waals surface area contributed by atoms with Crippen molar-refractivity contribution >= 4 is 32.1 Å². The summed E-state index contributed by atoms with van der Waals surface area (Å²) in [5, 5.41) is 2.75. The van der Waals surface area contributed by atoms with Crippen LogP contribution in [0.2, 0.25) is 16.6 Å². The number of benzene rings is 3. The summed E-state index contributed by atoms with van der Waals surface area (Å²) in [6.07, 6.45) is -4.77. The Morgan fingerprint density at radius 1 is 0.769 bits per heavy atom. The molecule has 2 aliphatic rings. The Labute approximate surface area is 457 Å². The highest BCUT2D eigenvalue weighted by molar-refractivity contribution is 6.77. The van der Waals surface area contributed by atoms with E-state index in [0.29, 0.717) is 11.5 Å². The second-order valence-corrected chi connectivity index (χ2v) is 26.4. The standard InChI is InChI=1S/C57H78N4O16Si/c1-35(2)78(36(3)4,37(5)6)73-34-56(33-72-57(43-17-15-14-16-18-43,44-19-23-46(68-12)24-20-44)45-21-25-47(69-13)26-22-45)32-60(30-49(77-56)61-29-38(7)53(66)59-55(61)67)27-28-70-54-50(58-39(8)62)52(75-42(11)65)51(74-41(10)64)48(76-54)31-71-40(9)63/h14-26,29,35-37,48-52,54H,27-28,30-34H2,1-13H3,(H,58,62)(H,59,66,67)/t48-,49-,50-,51+,52-,54-,56+/m1/s1. The predicted molar refractivity (Wildman–Crippen MR) is 291 cm³/mol. The molecule has 21 heteroatoms. The van der Waals surface area contributed by atoms with Crippen molar-refractivity contribution < 1.29 is 66.2 Å². The van der Waals surface area contributed by atoms with Gasteiger partial charge >= 0.3 is 23.6 Å². The first-order valence-corrected chi connectivity index (χ1v) is 28.5. The van der Waals surface area contributed by atoms with Gasteiger partial charge in [-0.1, -0.05) is 96.1 Å². The summed E-state index contributed by atoms with van der Waals surface area (Å²) in [6.45, 7) is 19.3. The first kappa shape index (κ1) is 61.0.